The van der Waals surface area contributed by atoms with Crippen LogP contribution in [0.3, 0.4) is 0 Å². The van der Waals surface area contributed by atoms with Crippen molar-refractivity contribution in [3.8, 4) is 0 Å². The molecule has 0 aliphatic carbocycles. The second-order valence-electron chi connectivity index (χ2n) is 6.11. The van der Waals surface area contributed by atoms with Crippen LogP contribution in [0.15, 0.2) is 12.3 Å². The lowest BCUT2D eigenvalue weighted by Crippen LogP contribution is -2.48. The molecular weight excluding hydrogens is 280 g/mol. The Morgan fingerprint density at radius 3 is 2.95 bits per heavy atom. The Labute approximate surface area is 129 Å². The number of aliphatic hydroxyl groups excluding tert-OH is 1. The second kappa shape index (κ2) is 5.68. The number of pyridine rings is 1. The van der Waals surface area contributed by atoms with Crippen LogP contribution >= 0.6 is 0 Å². The molecule has 0 saturated carbocycles. The van der Waals surface area contributed by atoms with E-state index in [9.17, 15) is 9.90 Å². The highest BCUT2D eigenvalue weighted by atomic mass is 16.3. The smallest absolute Gasteiger partial charge is 0.255 e. The molecule has 2 aromatic rings. The molecule has 0 aromatic carbocycles. The molecule has 2 aromatic heterocycles. The highest BCUT2D eigenvalue weighted by molar-refractivity contribution is 5.97. The van der Waals surface area contributed by atoms with Crippen LogP contribution in [-0.4, -0.2) is 49.4 Å². The van der Waals surface area contributed by atoms with E-state index in [-0.39, 0.29) is 11.9 Å². The standard InChI is InChI=1S/C16H22N4O2/c1-10-13-8-12(9-17-15(13)19(3)18-10)16(22)20-7-5-4-6-14(20)11(2)21/h8-9,11,14,21H,4-7H2,1-3H3. The molecule has 3 rings (SSSR count). The summed E-state index contributed by atoms with van der Waals surface area (Å²) in [6.07, 6.45) is 3.99. The minimum absolute atomic E-state index is 0.0525. The maximum atomic E-state index is 12.8. The van der Waals surface area contributed by atoms with E-state index in [2.05, 4.69) is 10.1 Å². The van der Waals surface area contributed by atoms with Crippen LogP contribution in [0.2, 0.25) is 0 Å². The van der Waals surface area contributed by atoms with Gasteiger partial charge in [0.25, 0.3) is 5.91 Å². The average molecular weight is 302 g/mol. The molecule has 3 heterocycles. The van der Waals surface area contributed by atoms with Gasteiger partial charge in [-0.2, -0.15) is 5.10 Å². The van der Waals surface area contributed by atoms with Crippen molar-refractivity contribution in [2.24, 2.45) is 7.05 Å². The number of likely N-dealkylation sites (tertiary alicyclic amines) is 1. The van der Waals surface area contributed by atoms with Crippen LogP contribution in [0.5, 0.6) is 0 Å². The quantitative estimate of drug-likeness (QED) is 0.915. The van der Waals surface area contributed by atoms with E-state index in [0.29, 0.717) is 12.1 Å². The summed E-state index contributed by atoms with van der Waals surface area (Å²) in [4.78, 5) is 19.0. The predicted molar refractivity (Wildman–Crippen MR) is 83.6 cm³/mol. The van der Waals surface area contributed by atoms with E-state index < -0.39 is 6.10 Å². The van der Waals surface area contributed by atoms with Gasteiger partial charge in [-0.15, -0.1) is 0 Å². The first-order valence-corrected chi connectivity index (χ1v) is 7.77. The third kappa shape index (κ3) is 2.47. The fourth-order valence-corrected chi connectivity index (χ4v) is 3.30. The van der Waals surface area contributed by atoms with E-state index in [1.807, 2.05) is 20.0 Å². The first-order valence-electron chi connectivity index (χ1n) is 7.77. The van der Waals surface area contributed by atoms with Gasteiger partial charge < -0.3 is 10.0 Å². The molecule has 1 N–H and O–H groups in total. The number of piperidine rings is 1. The van der Waals surface area contributed by atoms with Crippen LogP contribution in [0, 0.1) is 6.92 Å². The predicted octanol–water partition coefficient (Wildman–Crippen LogP) is 1.65. The van der Waals surface area contributed by atoms with Gasteiger partial charge >= 0.3 is 0 Å². The van der Waals surface area contributed by atoms with Gasteiger partial charge in [0.1, 0.15) is 0 Å². The fraction of sp³-hybridized carbons (Fsp3) is 0.562. The number of aliphatic hydroxyl groups is 1. The highest BCUT2D eigenvalue weighted by Crippen LogP contribution is 2.23. The van der Waals surface area contributed by atoms with Crippen molar-refractivity contribution in [3.05, 3.63) is 23.5 Å². The molecule has 1 aliphatic rings. The summed E-state index contributed by atoms with van der Waals surface area (Å²) in [6.45, 7) is 4.36. The largest absolute Gasteiger partial charge is 0.391 e. The van der Waals surface area contributed by atoms with Crippen molar-refractivity contribution in [3.63, 3.8) is 0 Å². The fourth-order valence-electron chi connectivity index (χ4n) is 3.30. The molecule has 22 heavy (non-hydrogen) atoms. The number of carbonyl (C=O) groups is 1. The molecule has 1 fully saturated rings. The topological polar surface area (TPSA) is 71.2 Å². The van der Waals surface area contributed by atoms with Crippen molar-refractivity contribution in [1.82, 2.24) is 19.7 Å². The van der Waals surface area contributed by atoms with Gasteiger partial charge in [-0.3, -0.25) is 9.48 Å². The number of amides is 1. The van der Waals surface area contributed by atoms with Crippen LogP contribution in [0.4, 0.5) is 0 Å². The van der Waals surface area contributed by atoms with Gasteiger partial charge in [0.2, 0.25) is 0 Å². The number of aromatic nitrogens is 3. The zero-order valence-electron chi connectivity index (χ0n) is 13.3. The molecule has 2 atom stereocenters. The Morgan fingerprint density at radius 2 is 2.23 bits per heavy atom. The lowest BCUT2D eigenvalue weighted by Gasteiger charge is -2.37. The zero-order chi connectivity index (χ0) is 15.9. The number of fused-ring (bicyclic) bond motifs is 1. The lowest BCUT2D eigenvalue weighted by atomic mass is 9.97. The first kappa shape index (κ1) is 15.0. The highest BCUT2D eigenvalue weighted by Gasteiger charge is 2.30. The molecule has 2 unspecified atom stereocenters. The number of hydrogen-bond donors (Lipinski definition) is 1. The normalized spacial score (nSPS) is 20.4. The Balaban J connectivity index is 1.95. The van der Waals surface area contributed by atoms with E-state index in [1.54, 1.807) is 22.7 Å². The summed E-state index contributed by atoms with van der Waals surface area (Å²) < 4.78 is 1.72. The average Bonchev–Trinajstić information content (AvgIpc) is 2.81. The van der Waals surface area contributed by atoms with E-state index in [1.165, 1.54) is 0 Å². The third-order valence-electron chi connectivity index (χ3n) is 4.48. The Kier molecular flexibility index (Phi) is 3.87. The van der Waals surface area contributed by atoms with Gasteiger partial charge in [0.15, 0.2) is 5.65 Å². The lowest BCUT2D eigenvalue weighted by molar-refractivity contribution is 0.0281. The van der Waals surface area contributed by atoms with E-state index >= 15 is 0 Å². The van der Waals surface area contributed by atoms with E-state index in [0.717, 1.165) is 36.0 Å². The van der Waals surface area contributed by atoms with Gasteiger partial charge in [0.05, 0.1) is 23.4 Å². The second-order valence-corrected chi connectivity index (χ2v) is 6.11. The number of rotatable bonds is 2. The molecule has 0 spiro atoms. The maximum absolute atomic E-state index is 12.8. The number of hydrogen-bond acceptors (Lipinski definition) is 4. The SMILES string of the molecule is Cc1nn(C)c2ncc(C(=O)N3CCCCC3C(C)O)cc12. The van der Waals surface area contributed by atoms with Crippen molar-refractivity contribution in [2.45, 2.75) is 45.3 Å². The summed E-state index contributed by atoms with van der Waals surface area (Å²) in [5.41, 5.74) is 2.21. The first-order chi connectivity index (χ1) is 10.5. The Hall–Kier alpha value is -1.95. The minimum atomic E-state index is -0.513. The van der Waals surface area contributed by atoms with Gasteiger partial charge in [-0.05, 0) is 39.2 Å². The maximum Gasteiger partial charge on any atom is 0.255 e. The van der Waals surface area contributed by atoms with E-state index in [4.69, 9.17) is 0 Å². The molecule has 0 radical (unpaired) electrons. The minimum Gasteiger partial charge on any atom is -0.391 e. The molecule has 1 amide bonds. The van der Waals surface area contributed by atoms with Crippen LogP contribution in [0.1, 0.15) is 42.2 Å². The van der Waals surface area contributed by atoms with Crippen LogP contribution in [0.25, 0.3) is 11.0 Å². The monoisotopic (exact) mass is 302 g/mol. The van der Waals surface area contributed by atoms with Gasteiger partial charge in [0, 0.05) is 25.2 Å². The van der Waals surface area contributed by atoms with Gasteiger partial charge in [-0.1, -0.05) is 0 Å². The Morgan fingerprint density at radius 1 is 1.45 bits per heavy atom. The third-order valence-corrected chi connectivity index (χ3v) is 4.48. The summed E-state index contributed by atoms with van der Waals surface area (Å²) in [6, 6.07) is 1.76. The summed E-state index contributed by atoms with van der Waals surface area (Å²) >= 11 is 0. The van der Waals surface area contributed by atoms with Crippen molar-refractivity contribution in [2.75, 3.05) is 6.54 Å². The summed E-state index contributed by atoms with van der Waals surface area (Å²) in [7, 11) is 1.85. The molecular formula is C16H22N4O2. The van der Waals surface area contributed by atoms with Crippen molar-refractivity contribution in [1.29, 1.82) is 0 Å². The van der Waals surface area contributed by atoms with Crippen molar-refractivity contribution >= 4 is 16.9 Å². The van der Waals surface area contributed by atoms with Crippen LogP contribution in [-0.2, 0) is 7.05 Å². The zero-order valence-corrected chi connectivity index (χ0v) is 13.3. The molecule has 6 heteroatoms. The molecule has 1 saturated heterocycles. The molecule has 118 valence electrons. The van der Waals surface area contributed by atoms with Gasteiger partial charge in [-0.25, -0.2) is 4.98 Å². The number of aryl methyl sites for hydroxylation is 2. The molecule has 6 nitrogen and oxygen atoms in total. The molecule has 1 aliphatic heterocycles. The Bertz CT molecular complexity index is 707. The van der Waals surface area contributed by atoms with Crippen molar-refractivity contribution < 1.29 is 9.90 Å². The van der Waals surface area contributed by atoms with Crippen LogP contribution < -0.4 is 0 Å². The number of nitrogens with zero attached hydrogens (tertiary/aromatic N) is 4. The molecule has 0 bridgehead atoms. The summed E-state index contributed by atoms with van der Waals surface area (Å²) in [5.74, 6) is -0.0525. The number of carbonyl (C=O) groups excluding carboxylic acids is 1. The summed E-state index contributed by atoms with van der Waals surface area (Å²) in [5, 5.41) is 15.2.